The molecule has 0 aliphatic heterocycles. The van der Waals surface area contributed by atoms with Gasteiger partial charge in [-0.15, -0.1) is 11.3 Å². The van der Waals surface area contributed by atoms with Crippen molar-refractivity contribution in [2.45, 2.75) is 25.9 Å². The van der Waals surface area contributed by atoms with E-state index in [9.17, 15) is 14.4 Å². The summed E-state index contributed by atoms with van der Waals surface area (Å²) in [6.07, 6.45) is 0. The van der Waals surface area contributed by atoms with Crippen molar-refractivity contribution in [3.05, 3.63) is 80.5 Å². The number of carbonyl (C=O) groups is 2. The maximum atomic E-state index is 13.2. The first-order valence-corrected chi connectivity index (χ1v) is 12.5. The van der Waals surface area contributed by atoms with E-state index in [0.29, 0.717) is 20.9 Å². The van der Waals surface area contributed by atoms with Gasteiger partial charge in [0.1, 0.15) is 4.83 Å². The summed E-state index contributed by atoms with van der Waals surface area (Å²) in [5.41, 5.74) is 10.3. The molecule has 174 valence electrons. The minimum atomic E-state index is -0.401. The molecule has 0 saturated carbocycles. The standard InChI is InChI=1S/C25H24N4O3S2/c1-14-5-8-17(9-6-14)22(31)28-27-20(30)13-34-25-26-23-21(24(32)29(25)4)19(12-33-23)18-10-7-15(2)16(3)11-18/h5-12H,13H2,1-4H3,(H,27,30)(H,28,31). The van der Waals surface area contributed by atoms with E-state index >= 15 is 0 Å². The van der Waals surface area contributed by atoms with Gasteiger partial charge < -0.3 is 0 Å². The third-order valence-electron chi connectivity index (χ3n) is 5.55. The zero-order valence-corrected chi connectivity index (χ0v) is 20.9. The number of carbonyl (C=O) groups excluding carboxylic acids is 2. The Labute approximate surface area is 205 Å². The molecule has 7 nitrogen and oxygen atoms in total. The predicted octanol–water partition coefficient (Wildman–Crippen LogP) is 4.14. The fourth-order valence-corrected chi connectivity index (χ4v) is 5.13. The molecule has 2 aromatic carbocycles. The van der Waals surface area contributed by atoms with Crippen molar-refractivity contribution in [2.75, 3.05) is 5.75 Å². The van der Waals surface area contributed by atoms with Gasteiger partial charge in [-0.3, -0.25) is 29.8 Å². The third-order valence-corrected chi connectivity index (χ3v) is 7.46. The molecule has 0 unspecified atom stereocenters. The number of aryl methyl sites for hydroxylation is 3. The minimum Gasteiger partial charge on any atom is -0.290 e. The summed E-state index contributed by atoms with van der Waals surface area (Å²) < 4.78 is 1.46. The number of nitrogens with zero attached hydrogens (tertiary/aromatic N) is 2. The lowest BCUT2D eigenvalue weighted by Gasteiger charge is -2.10. The van der Waals surface area contributed by atoms with Gasteiger partial charge in [-0.2, -0.15) is 0 Å². The quantitative estimate of drug-likeness (QED) is 0.248. The molecule has 9 heteroatoms. The van der Waals surface area contributed by atoms with Gasteiger partial charge in [0.2, 0.25) is 5.91 Å². The highest BCUT2D eigenvalue weighted by Crippen LogP contribution is 2.32. The molecule has 34 heavy (non-hydrogen) atoms. The first kappa shape index (κ1) is 23.7. The molecule has 0 fully saturated rings. The molecule has 0 aliphatic rings. The Kier molecular flexibility index (Phi) is 6.85. The summed E-state index contributed by atoms with van der Waals surface area (Å²) >= 11 is 2.55. The number of thiophene rings is 1. The molecule has 4 aromatic rings. The summed E-state index contributed by atoms with van der Waals surface area (Å²) in [4.78, 5) is 42.8. The molecular weight excluding hydrogens is 468 g/mol. The summed E-state index contributed by atoms with van der Waals surface area (Å²) in [7, 11) is 1.65. The van der Waals surface area contributed by atoms with Crippen LogP contribution in [0.25, 0.3) is 21.3 Å². The van der Waals surface area contributed by atoms with Crippen molar-refractivity contribution in [1.29, 1.82) is 0 Å². The normalized spacial score (nSPS) is 10.9. The Bertz CT molecular complexity index is 1460. The average molecular weight is 493 g/mol. The molecule has 0 bridgehead atoms. The van der Waals surface area contributed by atoms with Gasteiger partial charge >= 0.3 is 0 Å². The molecule has 2 amide bonds. The topological polar surface area (TPSA) is 93.1 Å². The lowest BCUT2D eigenvalue weighted by Crippen LogP contribution is -2.42. The highest BCUT2D eigenvalue weighted by atomic mass is 32.2. The van der Waals surface area contributed by atoms with Gasteiger partial charge in [-0.1, -0.05) is 47.7 Å². The number of aromatic nitrogens is 2. The fourth-order valence-electron chi connectivity index (χ4n) is 3.37. The minimum absolute atomic E-state index is 0.00461. The SMILES string of the molecule is Cc1ccc(C(=O)NNC(=O)CSc2nc3scc(-c4ccc(C)c(C)c4)c3c(=O)n2C)cc1. The summed E-state index contributed by atoms with van der Waals surface area (Å²) in [6.45, 7) is 6.03. The Balaban J connectivity index is 1.46. The number of rotatable bonds is 5. The van der Waals surface area contributed by atoms with Gasteiger partial charge in [-0.05, 0) is 49.6 Å². The van der Waals surface area contributed by atoms with Gasteiger partial charge in [0, 0.05) is 23.6 Å². The number of hydrogen-bond donors (Lipinski definition) is 2. The van der Waals surface area contributed by atoms with Crippen molar-refractivity contribution in [2.24, 2.45) is 7.05 Å². The number of benzene rings is 2. The largest absolute Gasteiger partial charge is 0.290 e. The second-order valence-corrected chi connectivity index (χ2v) is 9.84. The van der Waals surface area contributed by atoms with Crippen LogP contribution in [0, 0.1) is 20.8 Å². The van der Waals surface area contributed by atoms with E-state index in [0.717, 1.165) is 34.0 Å². The van der Waals surface area contributed by atoms with Crippen LogP contribution < -0.4 is 16.4 Å². The second kappa shape index (κ2) is 9.82. The molecule has 2 heterocycles. The van der Waals surface area contributed by atoms with Crippen LogP contribution in [0.2, 0.25) is 0 Å². The Morgan fingerprint density at radius 2 is 1.76 bits per heavy atom. The van der Waals surface area contributed by atoms with Crippen LogP contribution in [0.3, 0.4) is 0 Å². The van der Waals surface area contributed by atoms with Gasteiger partial charge in [0.05, 0.1) is 11.1 Å². The van der Waals surface area contributed by atoms with Crippen LogP contribution in [-0.4, -0.2) is 27.1 Å². The summed E-state index contributed by atoms with van der Waals surface area (Å²) in [6, 6.07) is 13.2. The zero-order valence-electron chi connectivity index (χ0n) is 19.3. The predicted molar refractivity (Wildman–Crippen MR) is 137 cm³/mol. The van der Waals surface area contributed by atoms with Crippen LogP contribution in [0.15, 0.2) is 57.8 Å². The lowest BCUT2D eigenvalue weighted by molar-refractivity contribution is -0.119. The number of thioether (sulfide) groups is 1. The summed E-state index contributed by atoms with van der Waals surface area (Å²) in [5.74, 6) is -0.806. The molecule has 0 spiro atoms. The van der Waals surface area contributed by atoms with Crippen LogP contribution in [0.4, 0.5) is 0 Å². The van der Waals surface area contributed by atoms with E-state index in [4.69, 9.17) is 0 Å². The number of hydrogen-bond acceptors (Lipinski definition) is 6. The molecule has 4 rings (SSSR count). The van der Waals surface area contributed by atoms with Gasteiger partial charge in [-0.25, -0.2) is 4.98 Å². The van der Waals surface area contributed by atoms with E-state index in [2.05, 4.69) is 28.8 Å². The Hall–Kier alpha value is -3.43. The third kappa shape index (κ3) is 4.90. The highest BCUT2D eigenvalue weighted by Gasteiger charge is 2.17. The molecule has 2 N–H and O–H groups in total. The van der Waals surface area contributed by atoms with Crippen molar-refractivity contribution >= 4 is 45.1 Å². The highest BCUT2D eigenvalue weighted by molar-refractivity contribution is 7.99. The zero-order chi connectivity index (χ0) is 24.4. The number of amides is 2. The molecule has 0 radical (unpaired) electrons. The van der Waals surface area contributed by atoms with Crippen molar-refractivity contribution < 1.29 is 9.59 Å². The molecule has 0 aliphatic carbocycles. The first-order chi connectivity index (χ1) is 16.2. The van der Waals surface area contributed by atoms with Crippen LogP contribution in [0.1, 0.15) is 27.0 Å². The van der Waals surface area contributed by atoms with Crippen molar-refractivity contribution in [3.63, 3.8) is 0 Å². The van der Waals surface area contributed by atoms with Crippen LogP contribution in [0.5, 0.6) is 0 Å². The van der Waals surface area contributed by atoms with E-state index in [-0.39, 0.29) is 11.3 Å². The molecule has 2 aromatic heterocycles. The van der Waals surface area contributed by atoms with E-state index in [1.165, 1.54) is 21.5 Å². The number of fused-ring (bicyclic) bond motifs is 1. The first-order valence-electron chi connectivity index (χ1n) is 10.6. The second-order valence-electron chi connectivity index (χ2n) is 8.04. The average Bonchev–Trinajstić information content (AvgIpc) is 3.25. The molecular formula is C25H24N4O3S2. The smallest absolute Gasteiger partial charge is 0.269 e. The Morgan fingerprint density at radius 1 is 1.03 bits per heavy atom. The Morgan fingerprint density at radius 3 is 2.47 bits per heavy atom. The van der Waals surface area contributed by atoms with Crippen molar-refractivity contribution in [3.8, 4) is 11.1 Å². The molecule has 0 saturated heterocycles. The van der Waals surface area contributed by atoms with Gasteiger partial charge in [0.15, 0.2) is 5.16 Å². The van der Waals surface area contributed by atoms with Crippen LogP contribution in [-0.2, 0) is 11.8 Å². The maximum Gasteiger partial charge on any atom is 0.269 e. The molecule has 0 atom stereocenters. The van der Waals surface area contributed by atoms with Crippen LogP contribution >= 0.6 is 23.1 Å². The van der Waals surface area contributed by atoms with E-state index in [1.807, 2.05) is 43.5 Å². The maximum absolute atomic E-state index is 13.2. The summed E-state index contributed by atoms with van der Waals surface area (Å²) in [5, 5.41) is 2.96. The lowest BCUT2D eigenvalue weighted by atomic mass is 10.0. The van der Waals surface area contributed by atoms with E-state index < -0.39 is 11.8 Å². The number of hydrazine groups is 1. The van der Waals surface area contributed by atoms with E-state index in [1.54, 1.807) is 19.2 Å². The monoisotopic (exact) mass is 492 g/mol. The van der Waals surface area contributed by atoms with Crippen molar-refractivity contribution in [1.82, 2.24) is 20.4 Å². The fraction of sp³-hybridized carbons (Fsp3) is 0.200. The number of nitrogens with one attached hydrogen (secondary N) is 2. The van der Waals surface area contributed by atoms with Gasteiger partial charge in [0.25, 0.3) is 11.5 Å².